The van der Waals surface area contributed by atoms with Crippen LogP contribution in [-0.4, -0.2) is 28.1 Å². The number of aryl methyl sites for hydroxylation is 1. The van der Waals surface area contributed by atoms with Gasteiger partial charge in [-0.2, -0.15) is 0 Å². The van der Waals surface area contributed by atoms with E-state index in [1.807, 2.05) is 0 Å². The molecule has 0 bridgehead atoms. The highest BCUT2D eigenvalue weighted by atomic mass is 32.1. The molecular formula is C17H16F2N4O2S. The summed E-state index contributed by atoms with van der Waals surface area (Å²) in [6, 6.07) is 3.88. The molecule has 1 aromatic heterocycles. The Hall–Kier alpha value is -2.81. The number of halogens is 2. The summed E-state index contributed by atoms with van der Waals surface area (Å²) >= 11 is 5.25. The molecule has 0 radical (unpaired) electrons. The summed E-state index contributed by atoms with van der Waals surface area (Å²) in [7, 11) is 1.69. The quantitative estimate of drug-likeness (QED) is 0.800. The van der Waals surface area contributed by atoms with Gasteiger partial charge >= 0.3 is 0 Å². The molecule has 2 heterocycles. The topological polar surface area (TPSA) is 70.4 Å². The van der Waals surface area contributed by atoms with E-state index in [1.54, 1.807) is 31.9 Å². The normalized spacial score (nSPS) is 17.3. The molecule has 0 unspecified atom stereocenters. The average molecular weight is 378 g/mol. The van der Waals surface area contributed by atoms with Gasteiger partial charge in [0.25, 0.3) is 5.91 Å². The van der Waals surface area contributed by atoms with Crippen molar-refractivity contribution >= 4 is 29.1 Å². The number of carbonyl (C=O) groups excluding carboxylic acids is 1. The van der Waals surface area contributed by atoms with Gasteiger partial charge in [0.15, 0.2) is 10.9 Å². The first-order valence-electron chi connectivity index (χ1n) is 7.72. The molecule has 1 amide bonds. The van der Waals surface area contributed by atoms with Gasteiger partial charge < -0.3 is 20.1 Å². The Morgan fingerprint density at radius 3 is 2.69 bits per heavy atom. The van der Waals surface area contributed by atoms with E-state index in [2.05, 4.69) is 15.8 Å². The number of allylic oxidation sites excluding steroid dienone is 1. The number of thiocarbonyl (C=S) groups is 1. The van der Waals surface area contributed by atoms with Crippen molar-refractivity contribution in [2.45, 2.75) is 19.9 Å². The second kappa shape index (κ2) is 6.83. The number of hydrogen-bond acceptors (Lipinski definition) is 4. The van der Waals surface area contributed by atoms with Gasteiger partial charge in [-0.25, -0.2) is 8.78 Å². The Morgan fingerprint density at radius 2 is 2.08 bits per heavy atom. The van der Waals surface area contributed by atoms with Crippen LogP contribution < -0.4 is 10.6 Å². The van der Waals surface area contributed by atoms with Crippen LogP contribution in [-0.2, 0) is 4.79 Å². The Kier molecular flexibility index (Phi) is 4.73. The molecule has 1 aromatic carbocycles. The number of nitrogens with zero attached hydrogens (tertiary/aromatic N) is 2. The lowest BCUT2D eigenvalue weighted by Gasteiger charge is -2.35. The summed E-state index contributed by atoms with van der Waals surface area (Å²) in [4.78, 5) is 14.5. The van der Waals surface area contributed by atoms with Crippen molar-refractivity contribution in [3.8, 4) is 0 Å². The lowest BCUT2D eigenvalue weighted by Crippen LogP contribution is -2.46. The first kappa shape index (κ1) is 18.0. The van der Waals surface area contributed by atoms with Crippen molar-refractivity contribution in [3.63, 3.8) is 0 Å². The minimum Gasteiger partial charge on any atom is -0.360 e. The summed E-state index contributed by atoms with van der Waals surface area (Å²) in [6.07, 6.45) is 0. The van der Waals surface area contributed by atoms with Crippen LogP contribution in [0.2, 0.25) is 0 Å². The first-order valence-corrected chi connectivity index (χ1v) is 8.13. The molecule has 0 aliphatic carbocycles. The average Bonchev–Trinajstić information content (AvgIpc) is 2.97. The summed E-state index contributed by atoms with van der Waals surface area (Å²) in [5.41, 5.74) is 0.898. The van der Waals surface area contributed by atoms with Crippen molar-refractivity contribution in [1.82, 2.24) is 15.4 Å². The maximum absolute atomic E-state index is 14.3. The van der Waals surface area contributed by atoms with Crippen LogP contribution in [0.3, 0.4) is 0 Å². The highest BCUT2D eigenvalue weighted by Gasteiger charge is 2.34. The van der Waals surface area contributed by atoms with E-state index >= 15 is 0 Å². The molecule has 6 nitrogen and oxygen atoms in total. The second-order valence-corrected chi connectivity index (χ2v) is 6.27. The monoisotopic (exact) mass is 378 g/mol. The fourth-order valence-electron chi connectivity index (χ4n) is 2.71. The predicted octanol–water partition coefficient (Wildman–Crippen LogP) is 3.03. The van der Waals surface area contributed by atoms with Gasteiger partial charge in [-0.1, -0.05) is 11.2 Å². The summed E-state index contributed by atoms with van der Waals surface area (Å²) in [5.74, 6) is -1.20. The van der Waals surface area contributed by atoms with Gasteiger partial charge in [0, 0.05) is 30.4 Å². The fourth-order valence-corrected chi connectivity index (χ4v) is 2.96. The number of hydrogen-bond donors (Lipinski definition) is 2. The number of aromatic nitrogens is 1. The van der Waals surface area contributed by atoms with E-state index in [0.717, 1.165) is 12.1 Å². The van der Waals surface area contributed by atoms with Crippen LogP contribution in [0.15, 0.2) is 40.1 Å². The van der Waals surface area contributed by atoms with Gasteiger partial charge in [0.2, 0.25) is 0 Å². The second-order valence-electron chi connectivity index (χ2n) is 5.88. The SMILES string of the molecule is CC1=C(C(=O)Nc2cc(C)on2)[C@@H](c2ccc(F)cc2F)NC(=S)N1C. The van der Waals surface area contributed by atoms with Crippen molar-refractivity contribution in [1.29, 1.82) is 0 Å². The van der Waals surface area contributed by atoms with Crippen LogP contribution in [0, 0.1) is 18.6 Å². The Bertz CT molecular complexity index is 925. The maximum atomic E-state index is 14.3. The zero-order chi connectivity index (χ0) is 19.0. The van der Waals surface area contributed by atoms with E-state index in [9.17, 15) is 13.6 Å². The molecule has 26 heavy (non-hydrogen) atoms. The van der Waals surface area contributed by atoms with Gasteiger partial charge in [0.05, 0.1) is 11.6 Å². The van der Waals surface area contributed by atoms with Crippen LogP contribution in [0.1, 0.15) is 24.3 Å². The Balaban J connectivity index is 2.03. The van der Waals surface area contributed by atoms with Crippen LogP contribution >= 0.6 is 12.2 Å². The minimum absolute atomic E-state index is 0.114. The third kappa shape index (κ3) is 3.30. The van der Waals surface area contributed by atoms with Crippen molar-refractivity contribution in [2.24, 2.45) is 0 Å². The molecule has 0 saturated heterocycles. The fraction of sp³-hybridized carbons (Fsp3) is 0.235. The van der Waals surface area contributed by atoms with Gasteiger partial charge in [0.1, 0.15) is 17.4 Å². The highest BCUT2D eigenvalue weighted by molar-refractivity contribution is 7.80. The van der Waals surface area contributed by atoms with E-state index < -0.39 is 23.6 Å². The molecule has 2 N–H and O–H groups in total. The highest BCUT2D eigenvalue weighted by Crippen LogP contribution is 2.32. The zero-order valence-electron chi connectivity index (χ0n) is 14.3. The summed E-state index contributed by atoms with van der Waals surface area (Å²) < 4.78 is 32.5. The van der Waals surface area contributed by atoms with Crippen molar-refractivity contribution in [3.05, 3.63) is 58.5 Å². The van der Waals surface area contributed by atoms with Crippen molar-refractivity contribution in [2.75, 3.05) is 12.4 Å². The molecular weight excluding hydrogens is 362 g/mol. The smallest absolute Gasteiger partial charge is 0.257 e. The molecule has 1 atom stereocenters. The van der Waals surface area contributed by atoms with E-state index in [0.29, 0.717) is 16.6 Å². The van der Waals surface area contributed by atoms with Gasteiger partial charge in [-0.3, -0.25) is 4.79 Å². The van der Waals surface area contributed by atoms with Gasteiger partial charge in [-0.15, -0.1) is 0 Å². The van der Waals surface area contributed by atoms with Crippen molar-refractivity contribution < 1.29 is 18.1 Å². The molecule has 2 aromatic rings. The standard InChI is InChI=1S/C17H16F2N4O2S/c1-8-6-13(22-25-8)20-16(24)14-9(2)23(3)17(26)21-15(14)11-5-4-10(18)7-12(11)19/h4-7,15H,1-3H3,(H,21,26)(H,20,22,24)/t15-/m1/s1. The number of nitrogens with one attached hydrogen (secondary N) is 2. The number of rotatable bonds is 3. The largest absolute Gasteiger partial charge is 0.360 e. The Labute approximate surface area is 153 Å². The third-order valence-corrected chi connectivity index (χ3v) is 4.53. The third-order valence-electron chi connectivity index (χ3n) is 4.14. The zero-order valence-corrected chi connectivity index (χ0v) is 15.1. The van der Waals surface area contributed by atoms with E-state index in [1.165, 1.54) is 6.07 Å². The molecule has 3 rings (SSSR count). The molecule has 9 heteroatoms. The van der Waals surface area contributed by atoms with Crippen LogP contribution in [0.4, 0.5) is 14.6 Å². The molecule has 136 valence electrons. The molecule has 0 saturated carbocycles. The molecule has 0 fully saturated rings. The van der Waals surface area contributed by atoms with Crippen LogP contribution in [0.25, 0.3) is 0 Å². The predicted molar refractivity (Wildman–Crippen MR) is 95.2 cm³/mol. The number of carbonyl (C=O) groups is 1. The molecule has 1 aliphatic heterocycles. The molecule has 1 aliphatic rings. The number of benzene rings is 1. The summed E-state index contributed by atoms with van der Waals surface area (Å²) in [6.45, 7) is 3.39. The number of amides is 1. The first-order chi connectivity index (χ1) is 12.3. The van der Waals surface area contributed by atoms with Crippen LogP contribution in [0.5, 0.6) is 0 Å². The maximum Gasteiger partial charge on any atom is 0.257 e. The lowest BCUT2D eigenvalue weighted by molar-refractivity contribution is -0.113. The molecule has 0 spiro atoms. The van der Waals surface area contributed by atoms with E-state index in [4.69, 9.17) is 16.7 Å². The lowest BCUT2D eigenvalue weighted by atomic mass is 9.94. The van der Waals surface area contributed by atoms with Gasteiger partial charge in [-0.05, 0) is 32.1 Å². The minimum atomic E-state index is -0.868. The number of anilines is 1. The Morgan fingerprint density at radius 1 is 1.35 bits per heavy atom. The van der Waals surface area contributed by atoms with E-state index in [-0.39, 0.29) is 17.0 Å². The summed E-state index contributed by atoms with van der Waals surface area (Å²) in [5, 5.41) is 9.60.